The van der Waals surface area contributed by atoms with Gasteiger partial charge in [0.2, 0.25) is 0 Å². The summed E-state index contributed by atoms with van der Waals surface area (Å²) in [4.78, 5) is 4.06. The van der Waals surface area contributed by atoms with Crippen LogP contribution in [0.5, 0.6) is 0 Å². The monoisotopic (exact) mass is 225 g/mol. The van der Waals surface area contributed by atoms with Crippen LogP contribution in [0.25, 0.3) is 0 Å². The molecule has 86 valence electrons. The molecular weight excluding hydrogens is 210 g/mol. The van der Waals surface area contributed by atoms with Crippen molar-refractivity contribution in [2.24, 2.45) is 0 Å². The molecule has 1 aliphatic carbocycles. The van der Waals surface area contributed by atoms with Crippen LogP contribution in [0, 0.1) is 0 Å². The molecule has 1 atom stereocenters. The Hall–Kier alpha value is -2.03. The summed E-state index contributed by atoms with van der Waals surface area (Å²) >= 11 is 0. The molecule has 0 saturated heterocycles. The highest BCUT2D eigenvalue weighted by Gasteiger charge is 2.24. The Morgan fingerprint density at radius 3 is 2.88 bits per heavy atom. The maximum atomic E-state index is 5.54. The second-order valence-electron chi connectivity index (χ2n) is 4.45. The lowest BCUT2D eigenvalue weighted by Crippen LogP contribution is -2.24. The van der Waals surface area contributed by atoms with Gasteiger partial charge >= 0.3 is 0 Å². The van der Waals surface area contributed by atoms with E-state index in [1.165, 1.54) is 17.5 Å². The van der Waals surface area contributed by atoms with E-state index in [1.807, 2.05) is 12.1 Å². The number of rotatable bonds is 3. The van der Waals surface area contributed by atoms with Crippen molar-refractivity contribution in [1.82, 2.24) is 4.98 Å². The smallest absolute Gasteiger partial charge is 0.123 e. The van der Waals surface area contributed by atoms with Crippen molar-refractivity contribution >= 4 is 11.5 Å². The Labute approximate surface area is 101 Å². The lowest BCUT2D eigenvalue weighted by molar-refractivity contribution is 0.635. The van der Waals surface area contributed by atoms with Crippen LogP contribution in [0.3, 0.4) is 0 Å². The molecule has 0 spiro atoms. The lowest BCUT2D eigenvalue weighted by Gasteiger charge is -2.30. The summed E-state index contributed by atoms with van der Waals surface area (Å²) in [6, 6.07) is 12.4. The van der Waals surface area contributed by atoms with Gasteiger partial charge in [-0.25, -0.2) is 4.98 Å². The van der Waals surface area contributed by atoms with E-state index in [9.17, 15) is 0 Å². The van der Waals surface area contributed by atoms with Crippen molar-refractivity contribution in [3.8, 4) is 0 Å². The fraction of sp³-hybridized carbons (Fsp3) is 0.214. The van der Waals surface area contributed by atoms with Crippen LogP contribution in [0.15, 0.2) is 42.6 Å². The Bertz CT molecular complexity index is 519. The number of hydrogen-bond acceptors (Lipinski definition) is 3. The summed E-state index contributed by atoms with van der Waals surface area (Å²) in [5.41, 5.74) is 9.53. The number of aromatic nitrogens is 1. The van der Waals surface area contributed by atoms with Gasteiger partial charge in [-0.3, -0.25) is 0 Å². The molecule has 3 N–H and O–H groups in total. The zero-order valence-electron chi connectivity index (χ0n) is 9.56. The first kappa shape index (κ1) is 10.1. The number of hydrogen-bond donors (Lipinski definition) is 2. The fourth-order valence-electron chi connectivity index (χ4n) is 2.30. The van der Waals surface area contributed by atoms with Crippen molar-refractivity contribution in [2.45, 2.75) is 12.3 Å². The van der Waals surface area contributed by atoms with Gasteiger partial charge in [0.1, 0.15) is 5.82 Å². The molecular formula is C14H15N3. The van der Waals surface area contributed by atoms with Crippen LogP contribution in [-0.4, -0.2) is 11.5 Å². The highest BCUT2D eigenvalue weighted by Crippen LogP contribution is 2.34. The van der Waals surface area contributed by atoms with Crippen LogP contribution in [0.2, 0.25) is 0 Å². The van der Waals surface area contributed by atoms with Gasteiger partial charge in [-0.2, -0.15) is 0 Å². The molecule has 1 unspecified atom stereocenters. The summed E-state index contributed by atoms with van der Waals surface area (Å²) in [5.74, 6) is 1.19. The number of nitrogens with one attached hydrogen (secondary N) is 1. The highest BCUT2D eigenvalue weighted by molar-refractivity contribution is 5.47. The van der Waals surface area contributed by atoms with Crippen molar-refractivity contribution in [1.29, 1.82) is 0 Å². The molecule has 0 saturated carbocycles. The molecule has 17 heavy (non-hydrogen) atoms. The molecule has 0 radical (unpaired) electrons. The predicted molar refractivity (Wildman–Crippen MR) is 70.0 cm³/mol. The molecule has 2 aromatic rings. The first-order valence-corrected chi connectivity index (χ1v) is 5.86. The fourth-order valence-corrected chi connectivity index (χ4v) is 2.30. The van der Waals surface area contributed by atoms with E-state index < -0.39 is 0 Å². The lowest BCUT2D eigenvalue weighted by atomic mass is 9.77. The summed E-state index contributed by atoms with van der Waals surface area (Å²) in [5, 5.41) is 3.40. The van der Waals surface area contributed by atoms with Gasteiger partial charge in [-0.05, 0) is 29.7 Å². The number of nitrogen functional groups attached to an aromatic ring is 1. The summed E-state index contributed by atoms with van der Waals surface area (Å²) in [7, 11) is 0. The van der Waals surface area contributed by atoms with Crippen LogP contribution in [-0.2, 0) is 6.42 Å². The Morgan fingerprint density at radius 2 is 2.12 bits per heavy atom. The Kier molecular flexibility index (Phi) is 2.44. The normalized spacial score (nSPS) is 17.1. The second kappa shape index (κ2) is 4.09. The maximum Gasteiger partial charge on any atom is 0.123 e. The van der Waals surface area contributed by atoms with E-state index in [0.29, 0.717) is 11.7 Å². The number of pyridine rings is 1. The van der Waals surface area contributed by atoms with E-state index in [1.54, 1.807) is 6.20 Å². The third-order valence-corrected chi connectivity index (χ3v) is 3.30. The Morgan fingerprint density at radius 1 is 1.24 bits per heavy atom. The second-order valence-corrected chi connectivity index (χ2v) is 4.45. The van der Waals surface area contributed by atoms with E-state index in [0.717, 1.165) is 12.2 Å². The number of fused-ring (bicyclic) bond motifs is 1. The van der Waals surface area contributed by atoms with Gasteiger partial charge in [0, 0.05) is 12.5 Å². The molecule has 1 aromatic carbocycles. The molecule has 1 aromatic heterocycles. The maximum absolute atomic E-state index is 5.54. The average Bonchev–Trinajstić information content (AvgIpc) is 2.33. The number of nitrogens with two attached hydrogens (primary N) is 1. The minimum Gasteiger partial charge on any atom is -0.384 e. The van der Waals surface area contributed by atoms with Crippen molar-refractivity contribution < 1.29 is 0 Å². The van der Waals surface area contributed by atoms with Crippen LogP contribution in [0.4, 0.5) is 11.5 Å². The van der Waals surface area contributed by atoms with E-state index in [4.69, 9.17) is 5.73 Å². The number of anilines is 2. The van der Waals surface area contributed by atoms with Gasteiger partial charge in [-0.15, -0.1) is 0 Å². The quantitative estimate of drug-likeness (QED) is 0.843. The Balaban J connectivity index is 1.62. The zero-order chi connectivity index (χ0) is 11.7. The average molecular weight is 225 g/mol. The summed E-state index contributed by atoms with van der Waals surface area (Å²) in [6.07, 6.45) is 2.95. The van der Waals surface area contributed by atoms with E-state index in [2.05, 4.69) is 34.6 Å². The van der Waals surface area contributed by atoms with E-state index >= 15 is 0 Å². The SMILES string of the molecule is Nc1ccc(NCC2Cc3ccccc32)cn1. The van der Waals surface area contributed by atoms with Crippen LogP contribution >= 0.6 is 0 Å². The first-order valence-electron chi connectivity index (χ1n) is 5.86. The molecule has 3 nitrogen and oxygen atoms in total. The standard InChI is InChI=1S/C14H15N3/c15-14-6-5-12(9-17-14)16-8-11-7-10-3-1-2-4-13(10)11/h1-6,9,11,16H,7-8H2,(H2,15,17). The zero-order valence-corrected chi connectivity index (χ0v) is 9.56. The molecule has 1 aliphatic rings. The van der Waals surface area contributed by atoms with Gasteiger partial charge in [0.15, 0.2) is 0 Å². The van der Waals surface area contributed by atoms with Crippen molar-refractivity contribution in [3.05, 3.63) is 53.7 Å². The molecule has 0 bridgehead atoms. The topological polar surface area (TPSA) is 50.9 Å². The van der Waals surface area contributed by atoms with E-state index in [-0.39, 0.29) is 0 Å². The number of benzene rings is 1. The minimum absolute atomic E-state index is 0.560. The largest absolute Gasteiger partial charge is 0.384 e. The van der Waals surface area contributed by atoms with Crippen molar-refractivity contribution in [2.75, 3.05) is 17.6 Å². The van der Waals surface area contributed by atoms with Gasteiger partial charge in [-0.1, -0.05) is 24.3 Å². The van der Waals surface area contributed by atoms with Crippen LogP contribution in [0.1, 0.15) is 17.0 Å². The van der Waals surface area contributed by atoms with Gasteiger partial charge in [0.05, 0.1) is 11.9 Å². The predicted octanol–water partition coefficient (Wildman–Crippen LogP) is 2.42. The third-order valence-electron chi connectivity index (χ3n) is 3.30. The molecule has 3 rings (SSSR count). The van der Waals surface area contributed by atoms with Crippen molar-refractivity contribution in [3.63, 3.8) is 0 Å². The molecule has 0 aliphatic heterocycles. The molecule has 0 fully saturated rings. The minimum atomic E-state index is 0.560. The third kappa shape index (κ3) is 1.96. The van der Waals surface area contributed by atoms with Gasteiger partial charge in [0.25, 0.3) is 0 Å². The molecule has 3 heteroatoms. The van der Waals surface area contributed by atoms with Crippen LogP contribution < -0.4 is 11.1 Å². The first-order chi connectivity index (χ1) is 8.33. The highest BCUT2D eigenvalue weighted by atomic mass is 14.9. The summed E-state index contributed by atoms with van der Waals surface area (Å²) < 4.78 is 0. The molecule has 1 heterocycles. The molecule has 0 amide bonds. The summed E-state index contributed by atoms with van der Waals surface area (Å²) in [6.45, 7) is 0.961. The van der Waals surface area contributed by atoms with Gasteiger partial charge < -0.3 is 11.1 Å². The number of nitrogens with zero attached hydrogens (tertiary/aromatic N) is 1.